The van der Waals surface area contributed by atoms with E-state index in [2.05, 4.69) is 4.74 Å². The molecule has 0 radical (unpaired) electrons. The van der Waals surface area contributed by atoms with Crippen LogP contribution in [-0.4, -0.2) is 36.0 Å². The first-order chi connectivity index (χ1) is 6.49. The standard InChI is InChI=1S/C8H16N2O3S/c1-5(9)7(11)13-8(12)6(10)3-4-14-2/h5-6H,3-4,9-10H2,1-2H3/t5-,6-/m0/s1. The number of esters is 2. The maximum atomic E-state index is 11.1. The van der Waals surface area contributed by atoms with Crippen LogP contribution in [0.5, 0.6) is 0 Å². The summed E-state index contributed by atoms with van der Waals surface area (Å²) in [5.41, 5.74) is 10.7. The number of thioether (sulfide) groups is 1. The highest BCUT2D eigenvalue weighted by Crippen LogP contribution is 2.00. The Morgan fingerprint density at radius 3 is 2.36 bits per heavy atom. The van der Waals surface area contributed by atoms with Crippen molar-refractivity contribution in [2.45, 2.75) is 25.4 Å². The minimum Gasteiger partial charge on any atom is -0.391 e. The second kappa shape index (κ2) is 6.80. The Kier molecular flexibility index (Phi) is 6.52. The summed E-state index contributed by atoms with van der Waals surface area (Å²) >= 11 is 1.58. The fraction of sp³-hybridized carbons (Fsp3) is 0.750. The topological polar surface area (TPSA) is 95.4 Å². The van der Waals surface area contributed by atoms with Gasteiger partial charge in [0.1, 0.15) is 12.1 Å². The molecule has 0 amide bonds. The van der Waals surface area contributed by atoms with Crippen LogP contribution in [0.15, 0.2) is 0 Å². The normalized spacial score (nSPS) is 14.6. The zero-order valence-electron chi connectivity index (χ0n) is 8.36. The smallest absolute Gasteiger partial charge is 0.330 e. The largest absolute Gasteiger partial charge is 0.391 e. The number of nitrogens with two attached hydrogens (primary N) is 2. The Labute approximate surface area is 87.5 Å². The Bertz CT molecular complexity index is 209. The summed E-state index contributed by atoms with van der Waals surface area (Å²) in [5.74, 6) is -0.696. The van der Waals surface area contributed by atoms with Crippen LogP contribution in [0.25, 0.3) is 0 Å². The molecule has 0 aromatic rings. The molecule has 6 heteroatoms. The van der Waals surface area contributed by atoms with Crippen molar-refractivity contribution in [2.24, 2.45) is 11.5 Å². The molecule has 0 fully saturated rings. The molecule has 0 spiro atoms. The second-order valence-electron chi connectivity index (χ2n) is 2.92. The highest BCUT2D eigenvalue weighted by atomic mass is 32.2. The Morgan fingerprint density at radius 2 is 1.93 bits per heavy atom. The molecule has 2 atom stereocenters. The first kappa shape index (κ1) is 13.4. The van der Waals surface area contributed by atoms with Crippen LogP contribution in [-0.2, 0) is 14.3 Å². The summed E-state index contributed by atoms with van der Waals surface area (Å²) in [7, 11) is 0. The fourth-order valence-corrected chi connectivity index (χ4v) is 1.12. The van der Waals surface area contributed by atoms with Gasteiger partial charge in [0.05, 0.1) is 0 Å². The van der Waals surface area contributed by atoms with E-state index in [0.29, 0.717) is 6.42 Å². The summed E-state index contributed by atoms with van der Waals surface area (Å²) in [6, 6.07) is -1.54. The van der Waals surface area contributed by atoms with Gasteiger partial charge < -0.3 is 16.2 Å². The third kappa shape index (κ3) is 5.21. The zero-order chi connectivity index (χ0) is 11.1. The number of hydrogen-bond acceptors (Lipinski definition) is 6. The first-order valence-electron chi connectivity index (χ1n) is 4.24. The molecule has 0 aliphatic heterocycles. The molecule has 0 rings (SSSR count). The number of rotatable bonds is 5. The molecule has 5 nitrogen and oxygen atoms in total. The Morgan fingerprint density at radius 1 is 1.36 bits per heavy atom. The van der Waals surface area contributed by atoms with E-state index in [-0.39, 0.29) is 0 Å². The molecule has 14 heavy (non-hydrogen) atoms. The van der Waals surface area contributed by atoms with E-state index in [1.165, 1.54) is 6.92 Å². The van der Waals surface area contributed by atoms with Gasteiger partial charge in [0.15, 0.2) is 0 Å². The second-order valence-corrected chi connectivity index (χ2v) is 3.90. The van der Waals surface area contributed by atoms with Crippen LogP contribution in [0.2, 0.25) is 0 Å². The highest BCUT2D eigenvalue weighted by Gasteiger charge is 2.20. The lowest BCUT2D eigenvalue weighted by molar-refractivity contribution is -0.161. The summed E-state index contributed by atoms with van der Waals surface area (Å²) in [4.78, 5) is 22.0. The third-order valence-electron chi connectivity index (χ3n) is 1.51. The van der Waals surface area contributed by atoms with Crippen LogP contribution < -0.4 is 11.5 Å². The van der Waals surface area contributed by atoms with E-state index in [0.717, 1.165) is 5.75 Å². The van der Waals surface area contributed by atoms with Crippen molar-refractivity contribution in [2.75, 3.05) is 12.0 Å². The lowest BCUT2D eigenvalue weighted by Crippen LogP contribution is -2.38. The maximum absolute atomic E-state index is 11.1. The van der Waals surface area contributed by atoms with Gasteiger partial charge in [0.2, 0.25) is 0 Å². The van der Waals surface area contributed by atoms with Crippen LogP contribution in [0.3, 0.4) is 0 Å². The van der Waals surface area contributed by atoms with Crippen LogP contribution in [0.4, 0.5) is 0 Å². The Balaban J connectivity index is 3.89. The first-order valence-corrected chi connectivity index (χ1v) is 5.64. The van der Waals surface area contributed by atoms with Gasteiger partial charge >= 0.3 is 11.9 Å². The van der Waals surface area contributed by atoms with Gasteiger partial charge in [0.25, 0.3) is 0 Å². The average molecular weight is 220 g/mol. The van der Waals surface area contributed by atoms with E-state index >= 15 is 0 Å². The summed E-state index contributed by atoms with van der Waals surface area (Å²) in [6.45, 7) is 1.45. The van der Waals surface area contributed by atoms with Gasteiger partial charge in [-0.2, -0.15) is 11.8 Å². The number of hydrogen-bond donors (Lipinski definition) is 2. The SMILES string of the molecule is CSCC[C@H](N)C(=O)OC(=O)[C@H](C)N. The molecule has 0 saturated heterocycles. The average Bonchev–Trinajstić information content (AvgIpc) is 2.13. The molecule has 4 N–H and O–H groups in total. The molecule has 0 bridgehead atoms. The number of carbonyl (C=O) groups excluding carboxylic acids is 2. The highest BCUT2D eigenvalue weighted by molar-refractivity contribution is 7.98. The monoisotopic (exact) mass is 220 g/mol. The van der Waals surface area contributed by atoms with Crippen LogP contribution in [0.1, 0.15) is 13.3 Å². The van der Waals surface area contributed by atoms with Gasteiger partial charge in [-0.25, -0.2) is 9.59 Å². The van der Waals surface area contributed by atoms with Crippen molar-refractivity contribution >= 4 is 23.7 Å². The molecule has 0 saturated carbocycles. The van der Waals surface area contributed by atoms with E-state index in [1.54, 1.807) is 11.8 Å². The molecule has 0 heterocycles. The molecule has 0 aliphatic carbocycles. The molecule has 0 unspecified atom stereocenters. The summed E-state index contributed by atoms with van der Waals surface area (Å²) < 4.78 is 4.43. The van der Waals surface area contributed by atoms with Crippen LogP contribution >= 0.6 is 11.8 Å². The summed E-state index contributed by atoms with van der Waals surface area (Å²) in [5, 5.41) is 0. The molecular formula is C8H16N2O3S. The molecular weight excluding hydrogens is 204 g/mol. The lowest BCUT2D eigenvalue weighted by atomic mass is 10.2. The summed E-state index contributed by atoms with van der Waals surface area (Å²) in [6.07, 6.45) is 2.40. The third-order valence-corrected chi connectivity index (χ3v) is 2.15. The van der Waals surface area contributed by atoms with Crippen molar-refractivity contribution < 1.29 is 14.3 Å². The van der Waals surface area contributed by atoms with E-state index in [4.69, 9.17) is 11.5 Å². The zero-order valence-corrected chi connectivity index (χ0v) is 9.17. The van der Waals surface area contributed by atoms with Gasteiger partial charge in [-0.15, -0.1) is 0 Å². The minimum absolute atomic E-state index is 0.492. The van der Waals surface area contributed by atoms with Crippen molar-refractivity contribution in [3.63, 3.8) is 0 Å². The fourth-order valence-electron chi connectivity index (χ4n) is 0.630. The maximum Gasteiger partial charge on any atom is 0.330 e. The van der Waals surface area contributed by atoms with Crippen molar-refractivity contribution in [1.29, 1.82) is 0 Å². The number of carbonyl (C=O) groups is 2. The van der Waals surface area contributed by atoms with Crippen molar-refractivity contribution in [3.8, 4) is 0 Å². The van der Waals surface area contributed by atoms with E-state index in [9.17, 15) is 9.59 Å². The quantitative estimate of drug-likeness (QED) is 0.478. The van der Waals surface area contributed by atoms with Gasteiger partial charge in [0, 0.05) is 0 Å². The molecule has 0 aromatic carbocycles. The van der Waals surface area contributed by atoms with E-state index in [1.807, 2.05) is 6.26 Å². The number of ether oxygens (including phenoxy) is 1. The lowest BCUT2D eigenvalue weighted by Gasteiger charge is -2.10. The predicted octanol–water partition coefficient (Wildman–Crippen LogP) is -0.516. The van der Waals surface area contributed by atoms with Gasteiger partial charge in [-0.05, 0) is 25.4 Å². The molecule has 0 aliphatic rings. The van der Waals surface area contributed by atoms with Gasteiger partial charge in [-0.3, -0.25) is 0 Å². The molecule has 0 aromatic heterocycles. The van der Waals surface area contributed by atoms with Gasteiger partial charge in [-0.1, -0.05) is 0 Å². The van der Waals surface area contributed by atoms with Crippen LogP contribution in [0, 0.1) is 0 Å². The predicted molar refractivity (Wildman–Crippen MR) is 55.7 cm³/mol. The van der Waals surface area contributed by atoms with Crippen molar-refractivity contribution in [3.05, 3.63) is 0 Å². The Hall–Kier alpha value is -0.590. The van der Waals surface area contributed by atoms with Crippen molar-refractivity contribution in [1.82, 2.24) is 0 Å². The van der Waals surface area contributed by atoms with E-state index < -0.39 is 24.0 Å². The minimum atomic E-state index is -0.799. The molecule has 82 valence electrons.